The fraction of sp³-hybridized carbons (Fsp3) is 0.429. The van der Waals surface area contributed by atoms with Crippen molar-refractivity contribution in [3.8, 4) is 0 Å². The minimum Gasteiger partial charge on any atom is -0.312 e. The third-order valence-electron chi connectivity index (χ3n) is 3.33. The number of rotatable bonds is 5. The summed E-state index contributed by atoms with van der Waals surface area (Å²) in [5.74, 6) is 2.34. The molecular formula is C14H17ClN6. The van der Waals surface area contributed by atoms with Crippen LogP contribution in [0.15, 0.2) is 18.5 Å². The predicted molar refractivity (Wildman–Crippen MR) is 81.4 cm³/mol. The van der Waals surface area contributed by atoms with Crippen LogP contribution >= 0.6 is 11.6 Å². The lowest BCUT2D eigenvalue weighted by Crippen LogP contribution is -2.09. The number of hydrogen-bond acceptors (Lipinski definition) is 4. The van der Waals surface area contributed by atoms with Crippen molar-refractivity contribution < 1.29 is 0 Å². The molecule has 0 saturated heterocycles. The molecule has 0 aromatic carbocycles. The Hall–Kier alpha value is -1.95. The molecule has 0 aliphatic carbocycles. The molecule has 0 radical (unpaired) electrons. The molecule has 0 bridgehead atoms. The largest absolute Gasteiger partial charge is 0.312 e. The van der Waals surface area contributed by atoms with Gasteiger partial charge in [-0.2, -0.15) is 5.10 Å². The van der Waals surface area contributed by atoms with E-state index in [-0.39, 0.29) is 0 Å². The van der Waals surface area contributed by atoms with E-state index in [0.29, 0.717) is 5.88 Å². The summed E-state index contributed by atoms with van der Waals surface area (Å²) in [7, 11) is 1.87. The van der Waals surface area contributed by atoms with Crippen LogP contribution < -0.4 is 0 Å². The summed E-state index contributed by atoms with van der Waals surface area (Å²) in [6, 6.07) is 3.98. The van der Waals surface area contributed by atoms with Crippen LogP contribution in [0.5, 0.6) is 0 Å². The first-order valence-electron chi connectivity index (χ1n) is 6.90. The highest BCUT2D eigenvalue weighted by Crippen LogP contribution is 2.16. The van der Waals surface area contributed by atoms with Gasteiger partial charge in [0.15, 0.2) is 11.5 Å². The van der Waals surface area contributed by atoms with E-state index in [4.69, 9.17) is 11.6 Å². The molecule has 0 saturated carbocycles. The Kier molecular flexibility index (Phi) is 3.88. The van der Waals surface area contributed by atoms with Gasteiger partial charge in [-0.25, -0.2) is 15.0 Å². The van der Waals surface area contributed by atoms with Gasteiger partial charge in [-0.05, 0) is 19.1 Å². The monoisotopic (exact) mass is 304 g/mol. The van der Waals surface area contributed by atoms with Crippen LogP contribution in [0, 0.1) is 6.92 Å². The number of alkyl halides is 1. The smallest absolute Gasteiger partial charge is 0.160 e. The van der Waals surface area contributed by atoms with E-state index in [1.54, 1.807) is 11.0 Å². The van der Waals surface area contributed by atoms with Crippen LogP contribution in [0.1, 0.15) is 17.3 Å². The molecule has 0 N–H and O–H groups in total. The minimum atomic E-state index is 0.546. The van der Waals surface area contributed by atoms with Gasteiger partial charge in [-0.1, -0.05) is 0 Å². The van der Waals surface area contributed by atoms with Gasteiger partial charge in [0, 0.05) is 38.0 Å². The van der Waals surface area contributed by atoms with Gasteiger partial charge in [0.2, 0.25) is 0 Å². The second kappa shape index (κ2) is 5.81. The van der Waals surface area contributed by atoms with Gasteiger partial charge in [0.05, 0.1) is 0 Å². The van der Waals surface area contributed by atoms with Crippen LogP contribution in [0.4, 0.5) is 0 Å². The number of aryl methyl sites for hydroxylation is 5. The zero-order valence-corrected chi connectivity index (χ0v) is 12.9. The summed E-state index contributed by atoms with van der Waals surface area (Å²) >= 11 is 5.89. The summed E-state index contributed by atoms with van der Waals surface area (Å²) in [5, 5.41) is 4.31. The lowest BCUT2D eigenvalue weighted by atomic mass is 10.3. The van der Waals surface area contributed by atoms with E-state index in [9.17, 15) is 0 Å². The maximum atomic E-state index is 5.89. The summed E-state index contributed by atoms with van der Waals surface area (Å²) < 4.78 is 3.84. The molecule has 0 amide bonds. The SMILES string of the molecule is Cc1ccc2nc(CCCl)n(CCc3ncn(C)n3)c2n1. The second-order valence-electron chi connectivity index (χ2n) is 5.00. The summed E-state index contributed by atoms with van der Waals surface area (Å²) in [6.45, 7) is 2.74. The third-order valence-corrected chi connectivity index (χ3v) is 3.52. The first kappa shape index (κ1) is 14.0. The number of hydrogen-bond donors (Lipinski definition) is 0. The molecule has 0 aliphatic heterocycles. The van der Waals surface area contributed by atoms with Crippen LogP contribution in [-0.4, -0.2) is 35.2 Å². The first-order valence-corrected chi connectivity index (χ1v) is 7.44. The van der Waals surface area contributed by atoms with Crippen molar-refractivity contribution in [2.75, 3.05) is 5.88 Å². The highest BCUT2D eigenvalue weighted by Gasteiger charge is 2.12. The summed E-state index contributed by atoms with van der Waals surface area (Å²) in [5.41, 5.74) is 2.80. The molecule has 7 heteroatoms. The Labute approximate surface area is 127 Å². The molecule has 3 aromatic heterocycles. The third kappa shape index (κ3) is 2.90. The Bertz CT molecular complexity index is 760. The molecule has 0 fully saturated rings. The lowest BCUT2D eigenvalue weighted by molar-refractivity contribution is 0.642. The molecule has 21 heavy (non-hydrogen) atoms. The van der Waals surface area contributed by atoms with Crippen molar-refractivity contribution in [3.63, 3.8) is 0 Å². The van der Waals surface area contributed by atoms with E-state index in [1.165, 1.54) is 0 Å². The van der Waals surface area contributed by atoms with Gasteiger partial charge in [-0.15, -0.1) is 11.6 Å². The van der Waals surface area contributed by atoms with Crippen molar-refractivity contribution in [2.45, 2.75) is 26.3 Å². The highest BCUT2D eigenvalue weighted by molar-refractivity contribution is 6.17. The van der Waals surface area contributed by atoms with Crippen LogP contribution in [-0.2, 0) is 26.4 Å². The lowest BCUT2D eigenvalue weighted by Gasteiger charge is -2.06. The molecule has 3 aromatic rings. The van der Waals surface area contributed by atoms with Gasteiger partial charge < -0.3 is 4.57 Å². The normalized spacial score (nSPS) is 11.4. The molecule has 3 heterocycles. The number of aromatic nitrogens is 6. The zero-order valence-electron chi connectivity index (χ0n) is 12.1. The first-order chi connectivity index (χ1) is 10.2. The van der Waals surface area contributed by atoms with Crippen LogP contribution in [0.2, 0.25) is 0 Å². The highest BCUT2D eigenvalue weighted by atomic mass is 35.5. The Morgan fingerprint density at radius 2 is 2.05 bits per heavy atom. The average molecular weight is 305 g/mol. The van der Waals surface area contributed by atoms with E-state index in [0.717, 1.165) is 47.9 Å². The Morgan fingerprint density at radius 1 is 1.19 bits per heavy atom. The fourth-order valence-electron chi connectivity index (χ4n) is 2.36. The molecule has 110 valence electrons. The van der Waals surface area contributed by atoms with Gasteiger partial charge >= 0.3 is 0 Å². The Balaban J connectivity index is 1.94. The molecule has 0 atom stereocenters. The number of nitrogens with zero attached hydrogens (tertiary/aromatic N) is 6. The summed E-state index contributed by atoms with van der Waals surface area (Å²) in [6.07, 6.45) is 3.19. The van der Waals surface area contributed by atoms with Crippen LogP contribution in [0.25, 0.3) is 11.2 Å². The fourth-order valence-corrected chi connectivity index (χ4v) is 2.53. The number of imidazole rings is 1. The maximum absolute atomic E-state index is 5.89. The van der Waals surface area contributed by atoms with Crippen molar-refractivity contribution in [2.24, 2.45) is 7.05 Å². The standard InChI is InChI=1S/C14H17ClN6/c1-10-3-4-11-14(17-10)21(13(18-11)5-7-15)8-6-12-16-9-20(2)19-12/h3-4,9H,5-8H2,1-2H3. The van der Waals surface area contributed by atoms with Crippen molar-refractivity contribution in [1.29, 1.82) is 0 Å². The Morgan fingerprint density at radius 3 is 2.76 bits per heavy atom. The minimum absolute atomic E-state index is 0.546. The molecule has 0 spiro atoms. The van der Waals surface area contributed by atoms with Gasteiger partial charge in [-0.3, -0.25) is 4.68 Å². The summed E-state index contributed by atoms with van der Waals surface area (Å²) in [4.78, 5) is 13.5. The van der Waals surface area contributed by atoms with Gasteiger partial charge in [0.25, 0.3) is 0 Å². The topological polar surface area (TPSA) is 61.4 Å². The van der Waals surface area contributed by atoms with E-state index in [2.05, 4.69) is 24.6 Å². The van der Waals surface area contributed by atoms with E-state index < -0.39 is 0 Å². The predicted octanol–water partition coefficient (Wildman–Crippen LogP) is 1.89. The zero-order chi connectivity index (χ0) is 14.8. The number of halogens is 1. The second-order valence-corrected chi connectivity index (χ2v) is 5.38. The number of fused-ring (bicyclic) bond motifs is 1. The molecule has 3 rings (SSSR count). The average Bonchev–Trinajstić information content (AvgIpc) is 3.01. The maximum Gasteiger partial charge on any atom is 0.160 e. The van der Waals surface area contributed by atoms with Gasteiger partial charge in [0.1, 0.15) is 17.7 Å². The van der Waals surface area contributed by atoms with Crippen molar-refractivity contribution >= 4 is 22.8 Å². The van der Waals surface area contributed by atoms with Crippen molar-refractivity contribution in [1.82, 2.24) is 29.3 Å². The quantitative estimate of drug-likeness (QED) is 0.675. The molecule has 0 aliphatic rings. The molecule has 6 nitrogen and oxygen atoms in total. The van der Waals surface area contributed by atoms with E-state index in [1.807, 2.05) is 26.1 Å². The van der Waals surface area contributed by atoms with Crippen LogP contribution in [0.3, 0.4) is 0 Å². The molecule has 0 unspecified atom stereocenters. The van der Waals surface area contributed by atoms with Crippen molar-refractivity contribution in [3.05, 3.63) is 35.8 Å². The molecular weight excluding hydrogens is 288 g/mol. The van der Waals surface area contributed by atoms with E-state index >= 15 is 0 Å². The number of pyridine rings is 1.